The lowest BCUT2D eigenvalue weighted by molar-refractivity contribution is 0.0951. The smallest absolute Gasteiger partial charge is 0.251 e. The molecule has 2 rings (SSSR count). The van der Waals surface area contributed by atoms with Gasteiger partial charge in [0.15, 0.2) is 0 Å². The lowest BCUT2D eigenvalue weighted by Crippen LogP contribution is -2.23. The summed E-state index contributed by atoms with van der Waals surface area (Å²) in [5.74, 6) is -0.190. The van der Waals surface area contributed by atoms with Crippen molar-refractivity contribution in [3.63, 3.8) is 0 Å². The van der Waals surface area contributed by atoms with E-state index in [4.69, 9.17) is 0 Å². The van der Waals surface area contributed by atoms with Gasteiger partial charge in [-0.1, -0.05) is 42.8 Å². The number of carbonyl (C=O) groups is 1. The van der Waals surface area contributed by atoms with Gasteiger partial charge in [0.1, 0.15) is 0 Å². The molecule has 2 aromatic rings. The minimum atomic E-state index is -3.37. The molecule has 0 unspecified atom stereocenters. The summed E-state index contributed by atoms with van der Waals surface area (Å²) < 4.78 is 26.1. The molecule has 0 aliphatic rings. The molecule has 1 amide bonds. The molecule has 128 valence electrons. The summed E-state index contributed by atoms with van der Waals surface area (Å²) in [6.45, 7) is 4.22. The van der Waals surface area contributed by atoms with E-state index in [0.29, 0.717) is 24.2 Å². The first kappa shape index (κ1) is 18.0. The molecule has 2 N–H and O–H groups in total. The molecule has 0 radical (unpaired) electrons. The molecule has 2 aromatic carbocycles. The zero-order chi connectivity index (χ0) is 17.6. The van der Waals surface area contributed by atoms with Crippen LogP contribution in [0.4, 0.5) is 5.69 Å². The molecule has 0 atom stereocenters. The van der Waals surface area contributed by atoms with Crippen LogP contribution in [0.15, 0.2) is 48.5 Å². The van der Waals surface area contributed by atoms with Crippen molar-refractivity contribution >= 4 is 21.6 Å². The summed E-state index contributed by atoms with van der Waals surface area (Å²) in [7, 11) is -3.37. The molecule has 0 spiro atoms. The number of anilines is 1. The molecule has 0 saturated carbocycles. The Morgan fingerprint density at radius 2 is 1.83 bits per heavy atom. The summed E-state index contributed by atoms with van der Waals surface area (Å²) in [6.07, 6.45) is 0.534. The maximum absolute atomic E-state index is 12.3. The SMILES string of the molecule is CCCS(=O)(=O)Nc1cccc(C(=O)NCc2cccc(C)c2)c1. The van der Waals surface area contributed by atoms with Crippen molar-refractivity contribution in [3.8, 4) is 0 Å². The fourth-order valence-corrected chi connectivity index (χ4v) is 3.46. The molecule has 5 nitrogen and oxygen atoms in total. The van der Waals surface area contributed by atoms with Gasteiger partial charge >= 0.3 is 0 Å². The van der Waals surface area contributed by atoms with Gasteiger partial charge < -0.3 is 5.32 Å². The van der Waals surface area contributed by atoms with Crippen LogP contribution in [0.5, 0.6) is 0 Å². The van der Waals surface area contributed by atoms with Crippen LogP contribution in [0, 0.1) is 6.92 Å². The highest BCUT2D eigenvalue weighted by Gasteiger charge is 2.11. The number of benzene rings is 2. The van der Waals surface area contributed by atoms with Crippen LogP contribution < -0.4 is 10.0 Å². The largest absolute Gasteiger partial charge is 0.348 e. The monoisotopic (exact) mass is 346 g/mol. The quantitative estimate of drug-likeness (QED) is 0.809. The molecule has 0 saturated heterocycles. The van der Waals surface area contributed by atoms with Crippen LogP contribution in [0.1, 0.15) is 34.8 Å². The van der Waals surface area contributed by atoms with Crippen molar-refractivity contribution in [1.29, 1.82) is 0 Å². The predicted octanol–water partition coefficient (Wildman–Crippen LogP) is 3.08. The Balaban J connectivity index is 2.03. The van der Waals surface area contributed by atoms with E-state index in [1.54, 1.807) is 31.2 Å². The number of nitrogens with one attached hydrogen (secondary N) is 2. The summed E-state index contributed by atoms with van der Waals surface area (Å²) in [5, 5.41) is 2.84. The highest BCUT2D eigenvalue weighted by molar-refractivity contribution is 7.92. The van der Waals surface area contributed by atoms with E-state index in [0.717, 1.165) is 11.1 Å². The molecule has 6 heteroatoms. The van der Waals surface area contributed by atoms with E-state index in [-0.39, 0.29) is 11.7 Å². The number of hydrogen-bond acceptors (Lipinski definition) is 3. The Morgan fingerprint density at radius 1 is 1.08 bits per heavy atom. The first-order valence-corrected chi connectivity index (χ1v) is 9.49. The number of amides is 1. The van der Waals surface area contributed by atoms with Crippen LogP contribution in [-0.2, 0) is 16.6 Å². The third kappa shape index (κ3) is 5.38. The first-order valence-electron chi connectivity index (χ1n) is 7.84. The lowest BCUT2D eigenvalue weighted by Gasteiger charge is -2.09. The lowest BCUT2D eigenvalue weighted by atomic mass is 10.1. The zero-order valence-corrected chi connectivity index (χ0v) is 14.7. The number of hydrogen-bond donors (Lipinski definition) is 2. The van der Waals surface area contributed by atoms with Gasteiger partial charge in [0.2, 0.25) is 10.0 Å². The second-order valence-corrected chi connectivity index (χ2v) is 7.52. The molecule has 24 heavy (non-hydrogen) atoms. The third-order valence-corrected chi connectivity index (χ3v) is 4.90. The molecule has 0 aliphatic heterocycles. The van der Waals surface area contributed by atoms with Crippen molar-refractivity contribution in [2.45, 2.75) is 26.8 Å². The van der Waals surface area contributed by atoms with E-state index in [2.05, 4.69) is 10.0 Å². The van der Waals surface area contributed by atoms with Crippen molar-refractivity contribution < 1.29 is 13.2 Å². The van der Waals surface area contributed by atoms with E-state index < -0.39 is 10.0 Å². The topological polar surface area (TPSA) is 75.3 Å². The number of sulfonamides is 1. The minimum absolute atomic E-state index is 0.0524. The van der Waals surface area contributed by atoms with Crippen LogP contribution in [0.25, 0.3) is 0 Å². The zero-order valence-electron chi connectivity index (χ0n) is 13.9. The fraction of sp³-hybridized carbons (Fsp3) is 0.278. The van der Waals surface area contributed by atoms with Gasteiger partial charge in [0.05, 0.1) is 5.75 Å². The van der Waals surface area contributed by atoms with Crippen LogP contribution >= 0.6 is 0 Å². The summed E-state index contributed by atoms with van der Waals surface area (Å²) in [6, 6.07) is 14.4. The Hall–Kier alpha value is -2.34. The van der Waals surface area contributed by atoms with Gasteiger partial charge in [-0.15, -0.1) is 0 Å². The van der Waals surface area contributed by atoms with Gasteiger partial charge in [-0.05, 0) is 37.1 Å². The normalized spacial score (nSPS) is 11.1. The molecule has 0 aliphatic carbocycles. The van der Waals surface area contributed by atoms with Gasteiger partial charge in [0.25, 0.3) is 5.91 Å². The number of rotatable bonds is 7. The molecular weight excluding hydrogens is 324 g/mol. The van der Waals surface area contributed by atoms with Crippen LogP contribution in [-0.4, -0.2) is 20.1 Å². The van der Waals surface area contributed by atoms with Gasteiger partial charge in [-0.2, -0.15) is 0 Å². The maximum Gasteiger partial charge on any atom is 0.251 e. The highest BCUT2D eigenvalue weighted by Crippen LogP contribution is 2.13. The molecule has 0 heterocycles. The Kier molecular flexibility index (Phi) is 5.98. The average Bonchev–Trinajstić information content (AvgIpc) is 2.52. The van der Waals surface area contributed by atoms with Crippen molar-refractivity contribution in [1.82, 2.24) is 5.32 Å². The second-order valence-electron chi connectivity index (χ2n) is 5.67. The standard InChI is InChI=1S/C18H22N2O3S/c1-3-10-24(22,23)20-17-9-5-8-16(12-17)18(21)19-13-15-7-4-6-14(2)11-15/h4-9,11-12,20H,3,10,13H2,1-2H3,(H,19,21). The predicted molar refractivity (Wildman–Crippen MR) is 96.5 cm³/mol. The van der Waals surface area contributed by atoms with E-state index in [1.807, 2.05) is 31.2 Å². The first-order chi connectivity index (χ1) is 11.4. The number of aryl methyl sites for hydroxylation is 1. The molecule has 0 bridgehead atoms. The average molecular weight is 346 g/mol. The van der Waals surface area contributed by atoms with Gasteiger partial charge in [-0.3, -0.25) is 9.52 Å². The van der Waals surface area contributed by atoms with Gasteiger partial charge in [0, 0.05) is 17.8 Å². The van der Waals surface area contributed by atoms with Crippen LogP contribution in [0.2, 0.25) is 0 Å². The maximum atomic E-state index is 12.3. The summed E-state index contributed by atoms with van der Waals surface area (Å²) in [5.41, 5.74) is 2.96. The molecule has 0 fully saturated rings. The Labute approximate surface area is 143 Å². The van der Waals surface area contributed by atoms with E-state index >= 15 is 0 Å². The van der Waals surface area contributed by atoms with E-state index in [1.165, 1.54) is 0 Å². The van der Waals surface area contributed by atoms with Crippen molar-refractivity contribution in [3.05, 3.63) is 65.2 Å². The highest BCUT2D eigenvalue weighted by atomic mass is 32.2. The van der Waals surface area contributed by atoms with Crippen molar-refractivity contribution in [2.24, 2.45) is 0 Å². The summed E-state index contributed by atoms with van der Waals surface area (Å²) in [4.78, 5) is 12.3. The number of carbonyl (C=O) groups excluding carboxylic acids is 1. The van der Waals surface area contributed by atoms with Crippen molar-refractivity contribution in [2.75, 3.05) is 10.5 Å². The van der Waals surface area contributed by atoms with Gasteiger partial charge in [-0.25, -0.2) is 8.42 Å². The second kappa shape index (κ2) is 7.97. The Morgan fingerprint density at radius 3 is 2.54 bits per heavy atom. The minimum Gasteiger partial charge on any atom is -0.348 e. The molecule has 0 aromatic heterocycles. The third-order valence-electron chi connectivity index (χ3n) is 3.41. The van der Waals surface area contributed by atoms with E-state index in [9.17, 15) is 13.2 Å². The van der Waals surface area contributed by atoms with Crippen LogP contribution in [0.3, 0.4) is 0 Å². The molecular formula is C18H22N2O3S. The fourth-order valence-electron chi connectivity index (χ4n) is 2.33. The Bertz CT molecular complexity index is 817. The summed E-state index contributed by atoms with van der Waals surface area (Å²) >= 11 is 0.